The summed E-state index contributed by atoms with van der Waals surface area (Å²) < 4.78 is 26.9. The maximum Gasteiger partial charge on any atom is 0.243 e. The van der Waals surface area contributed by atoms with Crippen LogP contribution in [-0.4, -0.2) is 38.3 Å². The molecule has 0 spiro atoms. The number of amides is 1. The van der Waals surface area contributed by atoms with Gasteiger partial charge in [-0.2, -0.15) is 4.31 Å². The lowest BCUT2D eigenvalue weighted by atomic mass is 9.99. The molecule has 2 aromatic carbocycles. The molecule has 0 saturated carbocycles. The molecule has 0 unspecified atom stereocenters. The van der Waals surface area contributed by atoms with Crippen LogP contribution in [0, 0.1) is 5.92 Å². The summed E-state index contributed by atoms with van der Waals surface area (Å²) in [5.41, 5.74) is 1.17. The van der Waals surface area contributed by atoms with Crippen molar-refractivity contribution in [1.82, 2.24) is 9.62 Å². The quantitative estimate of drug-likeness (QED) is 0.847. The molecule has 2 aromatic rings. The Balaban J connectivity index is 1.57. The third kappa shape index (κ3) is 4.51. The van der Waals surface area contributed by atoms with Gasteiger partial charge in [-0.1, -0.05) is 48.5 Å². The minimum absolute atomic E-state index is 0.0612. The molecular formula is C20H24N2O3S. The van der Waals surface area contributed by atoms with Gasteiger partial charge in [-0.25, -0.2) is 8.42 Å². The Kier molecular flexibility index (Phi) is 6.06. The van der Waals surface area contributed by atoms with Gasteiger partial charge in [-0.3, -0.25) is 4.79 Å². The van der Waals surface area contributed by atoms with E-state index in [-0.39, 0.29) is 23.3 Å². The zero-order valence-corrected chi connectivity index (χ0v) is 15.5. The first kappa shape index (κ1) is 18.6. The van der Waals surface area contributed by atoms with E-state index in [1.54, 1.807) is 30.3 Å². The molecule has 5 nitrogen and oxygen atoms in total. The number of nitrogens with one attached hydrogen (secondary N) is 1. The summed E-state index contributed by atoms with van der Waals surface area (Å²) in [6.07, 6.45) is 2.19. The number of hydrogen-bond donors (Lipinski definition) is 1. The Labute approximate surface area is 155 Å². The summed E-state index contributed by atoms with van der Waals surface area (Å²) in [4.78, 5) is 12.7. The van der Waals surface area contributed by atoms with Crippen LogP contribution in [0.1, 0.15) is 18.4 Å². The van der Waals surface area contributed by atoms with Gasteiger partial charge in [0.1, 0.15) is 0 Å². The van der Waals surface area contributed by atoms with Gasteiger partial charge in [0.15, 0.2) is 0 Å². The van der Waals surface area contributed by atoms with E-state index in [4.69, 9.17) is 0 Å². The maximum absolute atomic E-state index is 12.7. The Morgan fingerprint density at radius 1 is 1.04 bits per heavy atom. The largest absolute Gasteiger partial charge is 0.355 e. The van der Waals surface area contributed by atoms with Crippen LogP contribution in [0.5, 0.6) is 0 Å². The number of carbonyl (C=O) groups excluding carboxylic acids is 1. The number of carbonyl (C=O) groups is 1. The monoisotopic (exact) mass is 372 g/mol. The zero-order valence-electron chi connectivity index (χ0n) is 14.7. The van der Waals surface area contributed by atoms with E-state index in [0.717, 1.165) is 12.8 Å². The third-order valence-corrected chi connectivity index (χ3v) is 6.57. The molecule has 0 radical (unpaired) electrons. The average molecular weight is 372 g/mol. The van der Waals surface area contributed by atoms with E-state index in [2.05, 4.69) is 5.32 Å². The van der Waals surface area contributed by atoms with E-state index in [1.807, 2.05) is 30.3 Å². The third-order valence-electron chi connectivity index (χ3n) is 4.69. The van der Waals surface area contributed by atoms with Crippen molar-refractivity contribution in [1.29, 1.82) is 0 Å². The highest BCUT2D eigenvalue weighted by atomic mass is 32.2. The van der Waals surface area contributed by atoms with E-state index < -0.39 is 10.0 Å². The molecule has 138 valence electrons. The van der Waals surface area contributed by atoms with Gasteiger partial charge in [0.05, 0.1) is 10.8 Å². The van der Waals surface area contributed by atoms with Gasteiger partial charge < -0.3 is 5.32 Å². The van der Waals surface area contributed by atoms with Crippen molar-refractivity contribution in [3.8, 4) is 0 Å². The van der Waals surface area contributed by atoms with Crippen molar-refractivity contribution in [2.24, 2.45) is 5.92 Å². The maximum atomic E-state index is 12.7. The van der Waals surface area contributed by atoms with Crippen molar-refractivity contribution >= 4 is 15.9 Å². The number of piperidine rings is 1. The molecule has 1 aliphatic rings. The minimum Gasteiger partial charge on any atom is -0.355 e. The summed E-state index contributed by atoms with van der Waals surface area (Å²) in [6.45, 7) is 1.27. The molecule has 6 heteroatoms. The topological polar surface area (TPSA) is 66.5 Å². The van der Waals surface area contributed by atoms with E-state index >= 15 is 0 Å². The lowest BCUT2D eigenvalue weighted by molar-refractivity contribution is -0.126. The highest BCUT2D eigenvalue weighted by Gasteiger charge is 2.33. The van der Waals surface area contributed by atoms with E-state index in [1.165, 1.54) is 9.87 Å². The van der Waals surface area contributed by atoms with Gasteiger partial charge in [-0.05, 0) is 37.0 Å². The van der Waals surface area contributed by atoms with Gasteiger partial charge in [0.2, 0.25) is 15.9 Å². The predicted octanol–water partition coefficient (Wildman–Crippen LogP) is 2.45. The van der Waals surface area contributed by atoms with Gasteiger partial charge in [0.25, 0.3) is 0 Å². The molecule has 26 heavy (non-hydrogen) atoms. The van der Waals surface area contributed by atoms with Crippen LogP contribution in [0.2, 0.25) is 0 Å². The van der Waals surface area contributed by atoms with Gasteiger partial charge in [-0.15, -0.1) is 0 Å². The molecule has 1 atom stereocenters. The number of sulfonamides is 1. The lowest BCUT2D eigenvalue weighted by Crippen LogP contribution is -2.45. The van der Waals surface area contributed by atoms with Crippen molar-refractivity contribution in [2.75, 3.05) is 19.6 Å². The van der Waals surface area contributed by atoms with Crippen molar-refractivity contribution in [3.63, 3.8) is 0 Å². The van der Waals surface area contributed by atoms with Gasteiger partial charge >= 0.3 is 0 Å². The normalized spacial score (nSPS) is 18.4. The molecule has 1 heterocycles. The SMILES string of the molecule is O=C(NCCc1ccccc1)[C@@H]1CCCN(S(=O)(=O)c2ccccc2)C1. The second-order valence-corrected chi connectivity index (χ2v) is 8.48. The molecule has 1 fully saturated rings. The van der Waals surface area contributed by atoms with Crippen LogP contribution in [-0.2, 0) is 21.2 Å². The summed E-state index contributed by atoms with van der Waals surface area (Å²) >= 11 is 0. The van der Waals surface area contributed by atoms with Crippen molar-refractivity contribution < 1.29 is 13.2 Å². The first-order chi connectivity index (χ1) is 12.6. The molecule has 1 aliphatic heterocycles. The number of nitrogens with zero attached hydrogens (tertiary/aromatic N) is 1. The molecule has 1 saturated heterocycles. The molecule has 1 N–H and O–H groups in total. The number of rotatable bonds is 6. The number of hydrogen-bond acceptors (Lipinski definition) is 3. The van der Waals surface area contributed by atoms with Crippen LogP contribution in [0.15, 0.2) is 65.6 Å². The standard InChI is InChI=1S/C20H24N2O3S/c23-20(21-14-13-17-8-3-1-4-9-17)18-10-7-15-22(16-18)26(24,25)19-11-5-2-6-12-19/h1-6,8-9,11-12,18H,7,10,13-16H2,(H,21,23)/t18-/m1/s1. The second kappa shape index (κ2) is 8.47. The first-order valence-corrected chi connectivity index (χ1v) is 10.4. The highest BCUT2D eigenvalue weighted by Crippen LogP contribution is 2.23. The highest BCUT2D eigenvalue weighted by molar-refractivity contribution is 7.89. The van der Waals surface area contributed by atoms with Crippen LogP contribution in [0.3, 0.4) is 0 Å². The van der Waals surface area contributed by atoms with Crippen LogP contribution >= 0.6 is 0 Å². The summed E-state index contributed by atoms with van der Waals surface area (Å²) in [5.74, 6) is -0.355. The minimum atomic E-state index is -3.54. The summed E-state index contributed by atoms with van der Waals surface area (Å²) in [6, 6.07) is 18.4. The zero-order chi connectivity index (χ0) is 18.4. The molecule has 0 aliphatic carbocycles. The first-order valence-electron chi connectivity index (χ1n) is 8.94. The fourth-order valence-corrected chi connectivity index (χ4v) is 4.78. The smallest absolute Gasteiger partial charge is 0.243 e. The predicted molar refractivity (Wildman–Crippen MR) is 101 cm³/mol. The van der Waals surface area contributed by atoms with Crippen LogP contribution in [0.25, 0.3) is 0 Å². The number of benzene rings is 2. The second-order valence-electron chi connectivity index (χ2n) is 6.54. The van der Waals surface area contributed by atoms with Crippen LogP contribution < -0.4 is 5.32 Å². The summed E-state index contributed by atoms with van der Waals surface area (Å²) in [7, 11) is -3.54. The van der Waals surface area contributed by atoms with Crippen molar-refractivity contribution in [3.05, 3.63) is 66.2 Å². The van der Waals surface area contributed by atoms with E-state index in [0.29, 0.717) is 19.5 Å². The Morgan fingerprint density at radius 3 is 2.38 bits per heavy atom. The van der Waals surface area contributed by atoms with Crippen LogP contribution in [0.4, 0.5) is 0 Å². The molecule has 0 bridgehead atoms. The Bertz CT molecular complexity index is 823. The fourth-order valence-electron chi connectivity index (χ4n) is 3.24. The average Bonchev–Trinajstić information content (AvgIpc) is 2.69. The van der Waals surface area contributed by atoms with E-state index in [9.17, 15) is 13.2 Å². The fraction of sp³-hybridized carbons (Fsp3) is 0.350. The Hall–Kier alpha value is -2.18. The Morgan fingerprint density at radius 2 is 1.69 bits per heavy atom. The summed E-state index contributed by atoms with van der Waals surface area (Å²) in [5, 5.41) is 2.95. The molecule has 1 amide bonds. The van der Waals surface area contributed by atoms with Crippen molar-refractivity contribution in [2.45, 2.75) is 24.2 Å². The lowest BCUT2D eigenvalue weighted by Gasteiger charge is -2.31. The molecule has 3 rings (SSSR count). The molecule has 0 aromatic heterocycles. The van der Waals surface area contributed by atoms with Gasteiger partial charge in [0, 0.05) is 19.6 Å². The molecular weight excluding hydrogens is 348 g/mol.